The first-order chi connectivity index (χ1) is 7.75. The van der Waals surface area contributed by atoms with Crippen molar-refractivity contribution in [2.24, 2.45) is 0 Å². The minimum atomic E-state index is -0.861. The number of nitrogens with one attached hydrogen (secondary N) is 1. The predicted octanol–water partition coefficient (Wildman–Crippen LogP) is 2.80. The van der Waals surface area contributed by atoms with Crippen molar-refractivity contribution < 1.29 is 9.90 Å². The third-order valence-electron chi connectivity index (χ3n) is 2.11. The van der Waals surface area contributed by atoms with E-state index in [-0.39, 0.29) is 0 Å². The zero-order valence-corrected chi connectivity index (χ0v) is 10.1. The summed E-state index contributed by atoms with van der Waals surface area (Å²) in [6.45, 7) is 1.54. The van der Waals surface area contributed by atoms with Crippen molar-refractivity contribution in [3.05, 3.63) is 44.3 Å². The standard InChI is InChI=1S/C11H11NO2S2/c13-11(14)9-3-10(16-7-9)5-12-4-8-1-2-15-6-8/h1-3,6-7,12H,4-5H2,(H,13,14). The van der Waals surface area contributed by atoms with Crippen molar-refractivity contribution in [3.63, 3.8) is 0 Å². The Bertz CT molecular complexity index is 462. The first kappa shape index (κ1) is 11.3. The van der Waals surface area contributed by atoms with Crippen LogP contribution in [-0.2, 0) is 13.1 Å². The Kier molecular flexibility index (Phi) is 3.71. The summed E-state index contributed by atoms with van der Waals surface area (Å²) in [5, 5.41) is 17.9. The first-order valence-electron chi connectivity index (χ1n) is 4.78. The summed E-state index contributed by atoms with van der Waals surface area (Å²) in [5.41, 5.74) is 1.64. The number of carboxylic acid groups (broad SMARTS) is 1. The van der Waals surface area contributed by atoms with Crippen molar-refractivity contribution in [3.8, 4) is 0 Å². The summed E-state index contributed by atoms with van der Waals surface area (Å²) in [6.07, 6.45) is 0. The average molecular weight is 253 g/mol. The van der Waals surface area contributed by atoms with Crippen LogP contribution in [-0.4, -0.2) is 11.1 Å². The van der Waals surface area contributed by atoms with Crippen molar-refractivity contribution in [1.82, 2.24) is 5.32 Å². The molecule has 2 rings (SSSR count). The highest BCUT2D eigenvalue weighted by Crippen LogP contribution is 2.14. The second kappa shape index (κ2) is 5.25. The molecular formula is C11H11NO2S2. The van der Waals surface area contributed by atoms with Crippen LogP contribution in [0.3, 0.4) is 0 Å². The molecule has 3 nitrogen and oxygen atoms in total. The molecule has 0 spiro atoms. The molecule has 84 valence electrons. The lowest BCUT2D eigenvalue weighted by molar-refractivity contribution is 0.0697. The van der Waals surface area contributed by atoms with Gasteiger partial charge in [0.25, 0.3) is 0 Å². The van der Waals surface area contributed by atoms with Crippen molar-refractivity contribution in [1.29, 1.82) is 0 Å². The van der Waals surface area contributed by atoms with Gasteiger partial charge in [-0.1, -0.05) is 0 Å². The molecule has 2 N–H and O–H groups in total. The Hall–Kier alpha value is -1.17. The Balaban J connectivity index is 1.83. The minimum absolute atomic E-state index is 0.373. The summed E-state index contributed by atoms with van der Waals surface area (Å²) in [4.78, 5) is 11.7. The van der Waals surface area contributed by atoms with Gasteiger partial charge in [-0.15, -0.1) is 11.3 Å². The van der Waals surface area contributed by atoms with E-state index < -0.39 is 5.97 Å². The maximum atomic E-state index is 10.7. The van der Waals surface area contributed by atoms with E-state index in [0.717, 1.165) is 11.4 Å². The zero-order valence-electron chi connectivity index (χ0n) is 8.47. The van der Waals surface area contributed by atoms with E-state index in [0.29, 0.717) is 12.1 Å². The molecule has 0 aromatic carbocycles. The monoisotopic (exact) mass is 253 g/mol. The molecule has 0 amide bonds. The molecule has 2 aromatic rings. The summed E-state index contributed by atoms with van der Waals surface area (Å²) < 4.78 is 0. The molecule has 0 aliphatic carbocycles. The second-order valence-corrected chi connectivity index (χ2v) is 5.12. The number of carboxylic acids is 1. The fourth-order valence-corrected chi connectivity index (χ4v) is 2.80. The van der Waals surface area contributed by atoms with Gasteiger partial charge >= 0.3 is 5.97 Å². The molecule has 5 heteroatoms. The summed E-state index contributed by atoms with van der Waals surface area (Å²) in [7, 11) is 0. The average Bonchev–Trinajstić information content (AvgIpc) is 2.87. The third-order valence-corrected chi connectivity index (χ3v) is 3.78. The van der Waals surface area contributed by atoms with Crippen LogP contribution in [0.2, 0.25) is 0 Å². The number of rotatable bonds is 5. The lowest BCUT2D eigenvalue weighted by atomic mass is 10.3. The van der Waals surface area contributed by atoms with Gasteiger partial charge < -0.3 is 10.4 Å². The topological polar surface area (TPSA) is 49.3 Å². The molecule has 0 bridgehead atoms. The molecule has 0 saturated carbocycles. The van der Waals surface area contributed by atoms with Gasteiger partial charge in [0.05, 0.1) is 5.56 Å². The summed E-state index contributed by atoms with van der Waals surface area (Å²) in [6, 6.07) is 3.79. The lowest BCUT2D eigenvalue weighted by Gasteiger charge is -1.99. The molecule has 0 radical (unpaired) electrons. The van der Waals surface area contributed by atoms with E-state index in [4.69, 9.17) is 5.11 Å². The third kappa shape index (κ3) is 2.91. The Morgan fingerprint density at radius 2 is 2.25 bits per heavy atom. The van der Waals surface area contributed by atoms with Gasteiger partial charge in [-0.05, 0) is 28.5 Å². The fraction of sp³-hybridized carbons (Fsp3) is 0.182. The Morgan fingerprint density at radius 1 is 1.38 bits per heavy atom. The quantitative estimate of drug-likeness (QED) is 0.861. The zero-order chi connectivity index (χ0) is 11.4. The van der Waals surface area contributed by atoms with Crippen LogP contribution in [0, 0.1) is 0 Å². The number of thiophene rings is 2. The van der Waals surface area contributed by atoms with Crippen LogP contribution < -0.4 is 5.32 Å². The molecule has 16 heavy (non-hydrogen) atoms. The molecule has 2 aromatic heterocycles. The number of hydrogen-bond acceptors (Lipinski definition) is 4. The molecule has 0 saturated heterocycles. The van der Waals surface area contributed by atoms with Crippen molar-refractivity contribution in [2.45, 2.75) is 13.1 Å². The Labute approximate surface area is 101 Å². The summed E-state index contributed by atoms with van der Waals surface area (Å²) in [5.74, 6) is -0.861. The minimum Gasteiger partial charge on any atom is -0.478 e. The van der Waals surface area contributed by atoms with Gasteiger partial charge in [0.1, 0.15) is 0 Å². The number of carbonyl (C=O) groups is 1. The van der Waals surface area contributed by atoms with Gasteiger partial charge in [-0.2, -0.15) is 11.3 Å². The molecule has 2 heterocycles. The SMILES string of the molecule is O=C(O)c1csc(CNCc2ccsc2)c1. The van der Waals surface area contributed by atoms with Crippen LogP contribution in [0.4, 0.5) is 0 Å². The van der Waals surface area contributed by atoms with Gasteiger partial charge in [0.2, 0.25) is 0 Å². The second-order valence-electron chi connectivity index (χ2n) is 3.34. The van der Waals surface area contributed by atoms with Crippen molar-refractivity contribution >= 4 is 28.6 Å². The predicted molar refractivity (Wildman–Crippen MR) is 66.1 cm³/mol. The first-order valence-corrected chi connectivity index (χ1v) is 6.60. The molecule has 0 fully saturated rings. The molecular weight excluding hydrogens is 242 g/mol. The molecule has 0 unspecified atom stereocenters. The highest BCUT2D eigenvalue weighted by molar-refractivity contribution is 7.10. The fourth-order valence-electron chi connectivity index (χ4n) is 1.31. The van der Waals surface area contributed by atoms with Crippen LogP contribution in [0.1, 0.15) is 20.8 Å². The van der Waals surface area contributed by atoms with Gasteiger partial charge in [-0.3, -0.25) is 0 Å². The normalized spacial score (nSPS) is 10.5. The summed E-state index contributed by atoms with van der Waals surface area (Å²) >= 11 is 3.15. The smallest absolute Gasteiger partial charge is 0.336 e. The molecule has 0 aliphatic rings. The molecule has 0 aliphatic heterocycles. The lowest BCUT2D eigenvalue weighted by Crippen LogP contribution is -2.11. The number of hydrogen-bond donors (Lipinski definition) is 2. The van der Waals surface area contributed by atoms with Gasteiger partial charge in [0.15, 0.2) is 0 Å². The van der Waals surface area contributed by atoms with E-state index in [9.17, 15) is 4.79 Å². The van der Waals surface area contributed by atoms with Crippen LogP contribution in [0.25, 0.3) is 0 Å². The highest BCUT2D eigenvalue weighted by atomic mass is 32.1. The number of aromatic carboxylic acids is 1. The molecule has 0 atom stereocenters. The van der Waals surface area contributed by atoms with Gasteiger partial charge in [0, 0.05) is 23.3 Å². The van der Waals surface area contributed by atoms with E-state index in [1.165, 1.54) is 16.9 Å². The van der Waals surface area contributed by atoms with Gasteiger partial charge in [-0.25, -0.2) is 4.79 Å². The van der Waals surface area contributed by atoms with E-state index in [1.54, 1.807) is 22.8 Å². The Morgan fingerprint density at radius 3 is 2.88 bits per heavy atom. The maximum Gasteiger partial charge on any atom is 0.336 e. The van der Waals surface area contributed by atoms with Crippen molar-refractivity contribution in [2.75, 3.05) is 0 Å². The van der Waals surface area contributed by atoms with E-state index in [2.05, 4.69) is 16.8 Å². The van der Waals surface area contributed by atoms with Crippen LogP contribution in [0.15, 0.2) is 28.3 Å². The van der Waals surface area contributed by atoms with E-state index in [1.807, 2.05) is 5.38 Å². The van der Waals surface area contributed by atoms with E-state index >= 15 is 0 Å². The van der Waals surface area contributed by atoms with Crippen LogP contribution >= 0.6 is 22.7 Å². The largest absolute Gasteiger partial charge is 0.478 e. The maximum absolute atomic E-state index is 10.7. The van der Waals surface area contributed by atoms with Crippen LogP contribution in [0.5, 0.6) is 0 Å². The highest BCUT2D eigenvalue weighted by Gasteiger charge is 2.05.